The largest absolute Gasteiger partial charge is 0.508 e. The van der Waals surface area contributed by atoms with Gasteiger partial charge in [0.2, 0.25) is 5.78 Å². The lowest BCUT2D eigenvalue weighted by Gasteiger charge is -2.15. The van der Waals surface area contributed by atoms with Crippen molar-refractivity contribution in [2.24, 2.45) is 0 Å². The number of aromatic nitrogens is 4. The van der Waals surface area contributed by atoms with Crippen LogP contribution in [-0.4, -0.2) is 43.7 Å². The maximum absolute atomic E-state index is 13.7. The monoisotopic (exact) mass is 473 g/mol. The number of phenols is 1. The van der Waals surface area contributed by atoms with E-state index in [1.807, 2.05) is 25.1 Å². The van der Waals surface area contributed by atoms with Gasteiger partial charge in [-0.05, 0) is 63.1 Å². The van der Waals surface area contributed by atoms with E-state index in [0.29, 0.717) is 28.1 Å². The number of H-pyrrole nitrogens is 1. The van der Waals surface area contributed by atoms with E-state index < -0.39 is 7.14 Å². The molecule has 0 aliphatic heterocycles. The molecule has 0 amide bonds. The first kappa shape index (κ1) is 21.9. The van der Waals surface area contributed by atoms with Crippen LogP contribution in [0.4, 0.5) is 5.82 Å². The van der Waals surface area contributed by atoms with Crippen molar-refractivity contribution in [2.75, 3.05) is 19.1 Å². The lowest BCUT2D eigenvalue weighted by molar-refractivity contribution is 0.103. The highest BCUT2D eigenvalue weighted by Gasteiger charge is 2.27. The smallest absolute Gasteiger partial charge is 0.215 e. The molecular formula is C25H24N5O3P. The Morgan fingerprint density at radius 3 is 2.56 bits per heavy atom. The number of hydrogen-bond donors (Lipinski definition) is 3. The summed E-state index contributed by atoms with van der Waals surface area (Å²) < 4.78 is 14.2. The third kappa shape index (κ3) is 3.30. The van der Waals surface area contributed by atoms with E-state index in [-0.39, 0.29) is 22.9 Å². The summed E-state index contributed by atoms with van der Waals surface area (Å²) >= 11 is 0. The molecule has 0 fully saturated rings. The molecule has 34 heavy (non-hydrogen) atoms. The fourth-order valence-electron chi connectivity index (χ4n) is 4.35. The third-order valence-electron chi connectivity index (χ3n) is 6.15. The number of nitrogen functional groups attached to an aromatic ring is 1. The normalized spacial score (nSPS) is 12.0. The summed E-state index contributed by atoms with van der Waals surface area (Å²) in [6, 6.07) is 10.6. The van der Waals surface area contributed by atoms with Gasteiger partial charge < -0.3 is 20.4 Å². The second-order valence-corrected chi connectivity index (χ2v) is 12.1. The number of rotatable bonds is 4. The SMILES string of the molecule is Cc1ccc(O)c(C)c1-n1c(N)c(C(=O)c2cc3cc(P(C)(C)=O)ccc3[nH]2)c2nccnc21. The van der Waals surface area contributed by atoms with E-state index in [2.05, 4.69) is 15.0 Å². The number of carbonyl (C=O) groups is 1. The van der Waals surface area contributed by atoms with Crippen molar-refractivity contribution in [2.45, 2.75) is 13.8 Å². The minimum atomic E-state index is -2.44. The number of phenolic OH excluding ortho intramolecular Hbond substituents is 1. The zero-order chi connectivity index (χ0) is 24.4. The molecule has 3 aromatic heterocycles. The van der Waals surface area contributed by atoms with Gasteiger partial charge in [-0.3, -0.25) is 14.3 Å². The van der Waals surface area contributed by atoms with E-state index in [4.69, 9.17) is 5.73 Å². The van der Waals surface area contributed by atoms with Crippen molar-refractivity contribution in [1.29, 1.82) is 0 Å². The van der Waals surface area contributed by atoms with Crippen LogP contribution in [-0.2, 0) is 4.57 Å². The van der Waals surface area contributed by atoms with Crippen molar-refractivity contribution < 1.29 is 14.5 Å². The van der Waals surface area contributed by atoms with Gasteiger partial charge in [-0.25, -0.2) is 4.98 Å². The summed E-state index contributed by atoms with van der Waals surface area (Å²) in [4.78, 5) is 25.7. The molecule has 0 saturated heterocycles. The summed E-state index contributed by atoms with van der Waals surface area (Å²) in [6.07, 6.45) is 3.06. The molecule has 0 unspecified atom stereocenters. The summed E-state index contributed by atoms with van der Waals surface area (Å²) in [5, 5.41) is 11.9. The molecule has 9 heteroatoms. The number of benzene rings is 2. The molecule has 5 rings (SSSR count). The molecule has 0 radical (unpaired) electrons. The third-order valence-corrected chi connectivity index (χ3v) is 7.67. The molecule has 0 saturated carbocycles. The fraction of sp³-hybridized carbons (Fsp3) is 0.160. The van der Waals surface area contributed by atoms with E-state index in [1.54, 1.807) is 43.0 Å². The van der Waals surface area contributed by atoms with E-state index in [1.165, 1.54) is 12.4 Å². The van der Waals surface area contributed by atoms with Crippen LogP contribution >= 0.6 is 7.14 Å². The molecule has 5 aromatic rings. The molecule has 0 spiro atoms. The van der Waals surface area contributed by atoms with Gasteiger partial charge in [-0.2, -0.15) is 0 Å². The van der Waals surface area contributed by atoms with E-state index in [0.717, 1.165) is 21.8 Å². The number of aryl methyl sites for hydroxylation is 1. The minimum Gasteiger partial charge on any atom is -0.508 e. The minimum absolute atomic E-state index is 0.120. The Hall–Kier alpha value is -3.90. The highest BCUT2D eigenvalue weighted by molar-refractivity contribution is 7.70. The highest BCUT2D eigenvalue weighted by atomic mass is 31.2. The van der Waals surface area contributed by atoms with Crippen molar-refractivity contribution in [1.82, 2.24) is 19.5 Å². The number of nitrogens with one attached hydrogen (secondary N) is 1. The first-order chi connectivity index (χ1) is 16.1. The molecule has 0 aliphatic rings. The molecule has 8 nitrogen and oxygen atoms in total. The second kappa shape index (κ2) is 7.57. The van der Waals surface area contributed by atoms with Gasteiger partial charge in [0.1, 0.15) is 24.2 Å². The van der Waals surface area contributed by atoms with Crippen molar-refractivity contribution in [3.63, 3.8) is 0 Å². The second-order valence-electron chi connectivity index (χ2n) is 8.83. The molecule has 2 aromatic carbocycles. The lowest BCUT2D eigenvalue weighted by atomic mass is 10.1. The van der Waals surface area contributed by atoms with Gasteiger partial charge in [0.05, 0.1) is 16.9 Å². The predicted molar refractivity (Wildman–Crippen MR) is 135 cm³/mol. The molecule has 3 heterocycles. The number of carbonyl (C=O) groups excluding carboxylic acids is 1. The Kier molecular flexibility index (Phi) is 4.88. The zero-order valence-corrected chi connectivity index (χ0v) is 20.1. The number of aromatic hydroxyl groups is 1. The Balaban J connectivity index is 1.73. The standard InChI is InChI=1S/C25H24N5O3P/c1-13-5-8-19(31)14(2)22(13)30-24(26)20(21-25(30)28-10-9-27-21)23(32)18-12-15-11-16(34(3,4)33)6-7-17(15)29-18/h5-12,29,31H,26H2,1-4H3. The Labute approximate surface area is 195 Å². The number of fused-ring (bicyclic) bond motifs is 2. The number of nitrogens with zero attached hydrogens (tertiary/aromatic N) is 3. The average molecular weight is 473 g/mol. The number of aromatic amines is 1. The Morgan fingerprint density at radius 1 is 1.09 bits per heavy atom. The van der Waals surface area contributed by atoms with Gasteiger partial charge in [0.15, 0.2) is 5.65 Å². The Bertz CT molecular complexity index is 1680. The van der Waals surface area contributed by atoms with Gasteiger partial charge in [-0.1, -0.05) is 6.07 Å². The molecular weight excluding hydrogens is 449 g/mol. The topological polar surface area (TPSA) is 127 Å². The van der Waals surface area contributed by atoms with Crippen LogP contribution in [0.1, 0.15) is 27.2 Å². The van der Waals surface area contributed by atoms with Crippen LogP contribution in [0, 0.1) is 13.8 Å². The number of hydrogen-bond acceptors (Lipinski definition) is 6. The van der Waals surface area contributed by atoms with Crippen LogP contribution in [0.3, 0.4) is 0 Å². The maximum Gasteiger partial charge on any atom is 0.215 e. The van der Waals surface area contributed by atoms with Gasteiger partial charge in [-0.15, -0.1) is 0 Å². The van der Waals surface area contributed by atoms with Crippen molar-refractivity contribution in [3.8, 4) is 11.4 Å². The number of ketones is 1. The van der Waals surface area contributed by atoms with E-state index >= 15 is 0 Å². The summed E-state index contributed by atoms with van der Waals surface area (Å²) in [6.45, 7) is 7.12. The summed E-state index contributed by atoms with van der Waals surface area (Å²) in [5.74, 6) is -0.0192. The predicted octanol–water partition coefficient (Wildman–Crippen LogP) is 4.29. The maximum atomic E-state index is 13.7. The van der Waals surface area contributed by atoms with Gasteiger partial charge in [0.25, 0.3) is 0 Å². The zero-order valence-electron chi connectivity index (χ0n) is 19.2. The Morgan fingerprint density at radius 2 is 1.82 bits per heavy atom. The molecule has 4 N–H and O–H groups in total. The number of nitrogens with two attached hydrogens (primary N) is 1. The molecule has 0 aliphatic carbocycles. The average Bonchev–Trinajstić information content (AvgIpc) is 3.34. The van der Waals surface area contributed by atoms with Crippen molar-refractivity contribution in [3.05, 3.63) is 71.2 Å². The lowest BCUT2D eigenvalue weighted by Crippen LogP contribution is -2.09. The molecule has 0 atom stereocenters. The van der Waals surface area contributed by atoms with Gasteiger partial charge >= 0.3 is 0 Å². The first-order valence-electron chi connectivity index (χ1n) is 10.7. The van der Waals surface area contributed by atoms with Crippen LogP contribution < -0.4 is 11.0 Å². The molecule has 0 bridgehead atoms. The van der Waals surface area contributed by atoms with Crippen LogP contribution in [0.5, 0.6) is 5.75 Å². The number of anilines is 1. The first-order valence-corrected chi connectivity index (χ1v) is 13.3. The van der Waals surface area contributed by atoms with E-state index in [9.17, 15) is 14.5 Å². The van der Waals surface area contributed by atoms with Crippen LogP contribution in [0.25, 0.3) is 27.8 Å². The summed E-state index contributed by atoms with van der Waals surface area (Å²) in [5.41, 5.74) is 10.9. The van der Waals surface area contributed by atoms with Crippen LogP contribution in [0.15, 0.2) is 48.8 Å². The van der Waals surface area contributed by atoms with Gasteiger partial charge in [0, 0.05) is 34.2 Å². The van der Waals surface area contributed by atoms with Crippen LogP contribution in [0.2, 0.25) is 0 Å². The van der Waals surface area contributed by atoms with Crippen molar-refractivity contribution >= 4 is 46.1 Å². The summed E-state index contributed by atoms with van der Waals surface area (Å²) in [7, 11) is -2.44. The quantitative estimate of drug-likeness (QED) is 0.264. The molecule has 172 valence electrons. The fourth-order valence-corrected chi connectivity index (χ4v) is 5.23. The highest BCUT2D eigenvalue weighted by Crippen LogP contribution is 2.37.